The second-order valence-electron chi connectivity index (χ2n) is 9.24. The summed E-state index contributed by atoms with van der Waals surface area (Å²) in [6.45, 7) is 4.38. The molecule has 2 aromatic rings. The molecule has 0 aliphatic carbocycles. The number of benzene rings is 2. The molecule has 3 rings (SSSR count). The summed E-state index contributed by atoms with van der Waals surface area (Å²) in [4.78, 5) is 31.5. The zero-order valence-electron chi connectivity index (χ0n) is 21.3. The number of aliphatic hydroxyl groups excluding tert-OH is 1. The maximum absolute atomic E-state index is 13.4. The average molecular weight is 485 g/mol. The number of rotatable bonds is 7. The lowest BCUT2D eigenvalue weighted by molar-refractivity contribution is 0.0371. The van der Waals surface area contributed by atoms with Gasteiger partial charge in [0.05, 0.1) is 31.9 Å². The minimum atomic E-state index is -0.368. The van der Waals surface area contributed by atoms with Crippen molar-refractivity contribution in [2.45, 2.75) is 26.0 Å². The van der Waals surface area contributed by atoms with E-state index in [1.54, 1.807) is 54.3 Å². The van der Waals surface area contributed by atoms with Crippen LogP contribution >= 0.6 is 0 Å². The summed E-state index contributed by atoms with van der Waals surface area (Å²) in [7, 11) is 7.12. The van der Waals surface area contributed by atoms with Gasteiger partial charge in [0.2, 0.25) is 0 Å². The summed E-state index contributed by atoms with van der Waals surface area (Å²) in [5.74, 6) is 0.906. The largest absolute Gasteiger partial charge is 0.497 e. The van der Waals surface area contributed by atoms with Crippen LogP contribution in [-0.4, -0.2) is 86.9 Å². The highest BCUT2D eigenvalue weighted by atomic mass is 16.5. The third kappa shape index (κ3) is 6.16. The monoisotopic (exact) mass is 484 g/mol. The van der Waals surface area contributed by atoms with Crippen LogP contribution in [0.25, 0.3) is 0 Å². The number of fused-ring (bicyclic) bond motifs is 1. The Hall–Kier alpha value is -3.46. The molecular weight excluding hydrogens is 448 g/mol. The highest BCUT2D eigenvalue weighted by Crippen LogP contribution is 2.31. The predicted molar refractivity (Wildman–Crippen MR) is 137 cm³/mol. The van der Waals surface area contributed by atoms with E-state index in [9.17, 15) is 14.7 Å². The van der Waals surface area contributed by atoms with Crippen molar-refractivity contribution in [3.63, 3.8) is 0 Å². The quantitative estimate of drug-likeness (QED) is 0.627. The number of anilines is 2. The number of amides is 3. The summed E-state index contributed by atoms with van der Waals surface area (Å²) < 4.78 is 11.5. The SMILES string of the molecule is COc1ccc(NC(=O)N(C)C[C@H]2Oc3ccc(N(C)C)cc3C(=O)N([C@H](C)CO)C[C@H]2C)cc1. The van der Waals surface area contributed by atoms with Gasteiger partial charge >= 0.3 is 6.03 Å². The molecule has 2 N–H and O–H groups in total. The third-order valence-electron chi connectivity index (χ3n) is 6.31. The standard InChI is InChI=1S/C26H36N4O5/c1-17-14-30(18(2)16-31)25(32)22-13-20(28(3)4)9-12-23(22)35-24(17)15-29(5)26(33)27-19-7-10-21(34-6)11-8-19/h7-13,17-18,24,31H,14-16H2,1-6H3,(H,27,33)/t17-,18-,24-/m1/s1. The Morgan fingerprint density at radius 1 is 1.23 bits per heavy atom. The van der Waals surface area contributed by atoms with E-state index in [1.807, 2.05) is 45.0 Å². The van der Waals surface area contributed by atoms with Gasteiger partial charge in [-0.25, -0.2) is 4.79 Å². The molecule has 1 heterocycles. The number of hydrogen-bond acceptors (Lipinski definition) is 6. The van der Waals surface area contributed by atoms with E-state index in [1.165, 1.54) is 0 Å². The lowest BCUT2D eigenvalue weighted by atomic mass is 9.99. The second kappa shape index (κ2) is 11.3. The first-order valence-corrected chi connectivity index (χ1v) is 11.7. The molecule has 0 aromatic heterocycles. The molecule has 3 atom stereocenters. The van der Waals surface area contributed by atoms with Crippen molar-refractivity contribution >= 4 is 23.3 Å². The fourth-order valence-corrected chi connectivity index (χ4v) is 3.95. The van der Waals surface area contributed by atoms with Gasteiger partial charge < -0.3 is 34.6 Å². The second-order valence-corrected chi connectivity index (χ2v) is 9.24. The van der Waals surface area contributed by atoms with Gasteiger partial charge in [-0.05, 0) is 49.4 Å². The number of likely N-dealkylation sites (N-methyl/N-ethyl adjacent to an activating group) is 1. The van der Waals surface area contributed by atoms with Crippen LogP contribution in [0, 0.1) is 5.92 Å². The number of urea groups is 1. The molecule has 190 valence electrons. The van der Waals surface area contributed by atoms with Crippen LogP contribution in [0.1, 0.15) is 24.2 Å². The van der Waals surface area contributed by atoms with Crippen LogP contribution < -0.4 is 19.7 Å². The number of methoxy groups -OCH3 is 1. The number of aliphatic hydroxyl groups is 1. The number of nitrogens with one attached hydrogen (secondary N) is 1. The molecule has 3 amide bonds. The molecule has 1 aliphatic heterocycles. The van der Waals surface area contributed by atoms with E-state index in [-0.39, 0.29) is 36.6 Å². The zero-order valence-corrected chi connectivity index (χ0v) is 21.3. The van der Waals surface area contributed by atoms with E-state index in [4.69, 9.17) is 9.47 Å². The van der Waals surface area contributed by atoms with E-state index in [2.05, 4.69) is 5.32 Å². The molecule has 35 heavy (non-hydrogen) atoms. The predicted octanol–water partition coefficient (Wildman–Crippen LogP) is 3.15. The molecule has 9 heteroatoms. The summed E-state index contributed by atoms with van der Waals surface area (Å²) >= 11 is 0. The average Bonchev–Trinajstić information content (AvgIpc) is 2.85. The minimum absolute atomic E-state index is 0.0918. The minimum Gasteiger partial charge on any atom is -0.497 e. The van der Waals surface area contributed by atoms with Gasteiger partial charge in [0.1, 0.15) is 17.6 Å². The molecule has 1 aliphatic rings. The summed E-state index contributed by atoms with van der Waals surface area (Å²) in [6, 6.07) is 12.0. The highest BCUT2D eigenvalue weighted by Gasteiger charge is 2.34. The first kappa shape index (κ1) is 26.2. The first-order chi connectivity index (χ1) is 16.6. The fourth-order valence-electron chi connectivity index (χ4n) is 3.95. The van der Waals surface area contributed by atoms with Gasteiger partial charge in [0.15, 0.2) is 0 Å². The van der Waals surface area contributed by atoms with Crippen molar-refractivity contribution in [3.05, 3.63) is 48.0 Å². The van der Waals surface area contributed by atoms with Gasteiger partial charge in [0, 0.05) is 45.0 Å². The molecular formula is C26H36N4O5. The Kier molecular flexibility index (Phi) is 8.45. The Bertz CT molecular complexity index is 1030. The van der Waals surface area contributed by atoms with Crippen LogP contribution in [-0.2, 0) is 0 Å². The van der Waals surface area contributed by atoms with E-state index < -0.39 is 0 Å². The van der Waals surface area contributed by atoms with Gasteiger partial charge in [-0.15, -0.1) is 0 Å². The maximum atomic E-state index is 13.4. The van der Waals surface area contributed by atoms with Crippen LogP contribution in [0.15, 0.2) is 42.5 Å². The van der Waals surface area contributed by atoms with Crippen LogP contribution in [0.4, 0.5) is 16.2 Å². The molecule has 0 bridgehead atoms. The van der Waals surface area contributed by atoms with E-state index in [0.717, 1.165) is 5.69 Å². The number of carbonyl (C=O) groups is 2. The van der Waals surface area contributed by atoms with Crippen molar-refractivity contribution in [2.24, 2.45) is 5.92 Å². The highest BCUT2D eigenvalue weighted by molar-refractivity contribution is 5.98. The van der Waals surface area contributed by atoms with E-state index >= 15 is 0 Å². The van der Waals surface area contributed by atoms with Gasteiger partial charge in [0.25, 0.3) is 5.91 Å². The molecule has 0 fully saturated rings. The topological polar surface area (TPSA) is 94.6 Å². The summed E-state index contributed by atoms with van der Waals surface area (Å²) in [5, 5.41) is 12.7. The van der Waals surface area contributed by atoms with Crippen LogP contribution in [0.5, 0.6) is 11.5 Å². The van der Waals surface area contributed by atoms with Gasteiger partial charge in [-0.3, -0.25) is 4.79 Å². The molecule has 0 radical (unpaired) electrons. The third-order valence-corrected chi connectivity index (χ3v) is 6.31. The molecule has 0 saturated carbocycles. The Balaban J connectivity index is 1.83. The molecule has 0 unspecified atom stereocenters. The van der Waals surface area contributed by atoms with E-state index in [0.29, 0.717) is 35.8 Å². The lowest BCUT2D eigenvalue weighted by Gasteiger charge is -2.38. The summed E-state index contributed by atoms with van der Waals surface area (Å²) in [5.41, 5.74) is 1.97. The number of carbonyl (C=O) groups excluding carboxylic acids is 2. The number of ether oxygens (including phenoxy) is 2. The van der Waals surface area contributed by atoms with Crippen molar-refractivity contribution in [1.82, 2.24) is 9.80 Å². The Morgan fingerprint density at radius 2 is 1.91 bits per heavy atom. The molecule has 2 aromatic carbocycles. The zero-order chi connectivity index (χ0) is 25.7. The first-order valence-electron chi connectivity index (χ1n) is 11.7. The van der Waals surface area contributed by atoms with Gasteiger partial charge in [-0.1, -0.05) is 6.92 Å². The normalized spacial score (nSPS) is 18.5. The van der Waals surface area contributed by atoms with Crippen LogP contribution in [0.3, 0.4) is 0 Å². The Morgan fingerprint density at radius 3 is 2.51 bits per heavy atom. The maximum Gasteiger partial charge on any atom is 0.321 e. The lowest BCUT2D eigenvalue weighted by Crippen LogP contribution is -2.50. The van der Waals surface area contributed by atoms with Crippen molar-refractivity contribution < 1.29 is 24.2 Å². The fraction of sp³-hybridized carbons (Fsp3) is 0.462. The van der Waals surface area contributed by atoms with Crippen LogP contribution in [0.2, 0.25) is 0 Å². The van der Waals surface area contributed by atoms with Crippen molar-refractivity contribution in [1.29, 1.82) is 0 Å². The smallest absolute Gasteiger partial charge is 0.321 e. The number of nitrogens with zero attached hydrogens (tertiary/aromatic N) is 3. The van der Waals surface area contributed by atoms with Crippen molar-refractivity contribution in [2.75, 3.05) is 58.2 Å². The number of hydrogen-bond donors (Lipinski definition) is 2. The van der Waals surface area contributed by atoms with Gasteiger partial charge in [-0.2, -0.15) is 0 Å². The summed E-state index contributed by atoms with van der Waals surface area (Å²) in [6.07, 6.45) is -0.368. The molecule has 0 spiro atoms. The molecule has 0 saturated heterocycles. The Labute approximate surface area is 207 Å². The van der Waals surface area contributed by atoms with Crippen molar-refractivity contribution in [3.8, 4) is 11.5 Å². The molecule has 9 nitrogen and oxygen atoms in total.